The monoisotopic (exact) mass is 162 g/mol. The van der Waals surface area contributed by atoms with Gasteiger partial charge in [-0.25, -0.2) is 0 Å². The minimum atomic E-state index is 0.0265. The first-order valence-corrected chi connectivity index (χ1v) is 3.94. The average molecular weight is 162 g/mol. The highest BCUT2D eigenvalue weighted by atomic mass is 16.1. The van der Waals surface area contributed by atoms with Crippen LogP contribution in [0.5, 0.6) is 0 Å². The Hall–Kier alpha value is -1.38. The molecule has 2 heterocycles. The Labute approximate surface area is 70.8 Å². The summed E-state index contributed by atoms with van der Waals surface area (Å²) in [7, 11) is 0. The molecule has 1 aliphatic rings. The highest BCUT2D eigenvalue weighted by molar-refractivity contribution is 5.98. The van der Waals surface area contributed by atoms with Crippen LogP contribution in [-0.4, -0.2) is 10.9 Å². The fraction of sp³-hybridized carbons (Fsp3) is 0.333. The lowest BCUT2D eigenvalue weighted by atomic mass is 10.1. The van der Waals surface area contributed by atoms with Gasteiger partial charge in [-0.15, -0.1) is 0 Å². The third-order valence-electron chi connectivity index (χ3n) is 2.13. The summed E-state index contributed by atoms with van der Waals surface area (Å²) in [5, 5.41) is 2.77. The van der Waals surface area contributed by atoms with Crippen molar-refractivity contribution in [3.8, 4) is 0 Å². The summed E-state index contributed by atoms with van der Waals surface area (Å²) >= 11 is 0. The second-order valence-electron chi connectivity index (χ2n) is 3.06. The van der Waals surface area contributed by atoms with Gasteiger partial charge in [0.2, 0.25) is 0 Å². The molecule has 0 aromatic carbocycles. The average Bonchev–Trinajstić information content (AvgIpc) is 2.33. The number of hydrogen-bond donors (Lipinski definition) is 1. The zero-order valence-electron chi connectivity index (χ0n) is 7.14. The van der Waals surface area contributed by atoms with Crippen LogP contribution in [0, 0.1) is 13.8 Å². The third kappa shape index (κ3) is 0.897. The zero-order valence-corrected chi connectivity index (χ0v) is 7.14. The molecule has 1 aliphatic heterocycles. The van der Waals surface area contributed by atoms with Crippen molar-refractivity contribution in [3.05, 3.63) is 28.6 Å². The molecule has 0 aliphatic carbocycles. The Morgan fingerprint density at radius 1 is 1.50 bits per heavy atom. The molecular formula is C9H10N2O. The maximum Gasteiger partial charge on any atom is 0.252 e. The first-order valence-electron chi connectivity index (χ1n) is 3.94. The van der Waals surface area contributed by atoms with Gasteiger partial charge >= 0.3 is 0 Å². The number of nitrogens with zero attached hydrogens (tertiary/aromatic N) is 1. The predicted octanol–water partition coefficient (Wildman–Crippen LogP) is 0.942. The number of carbonyl (C=O) groups excluding carboxylic acids is 1. The first-order chi connectivity index (χ1) is 5.68. The lowest BCUT2D eigenvalue weighted by molar-refractivity contribution is 0.0965. The van der Waals surface area contributed by atoms with Gasteiger partial charge in [0.1, 0.15) is 0 Å². The standard InChI is InChI=1S/C9H10N2O/c1-5-3-7-8(6(2)11-5)4-10-9(7)12/h3H,4H2,1-2H3,(H,10,12). The minimum absolute atomic E-state index is 0.0265. The van der Waals surface area contributed by atoms with Crippen LogP contribution in [0.4, 0.5) is 0 Å². The molecule has 12 heavy (non-hydrogen) atoms. The molecule has 1 aromatic heterocycles. The lowest BCUT2D eigenvalue weighted by Gasteiger charge is -2.01. The number of aromatic nitrogens is 1. The molecule has 0 bridgehead atoms. The van der Waals surface area contributed by atoms with E-state index in [2.05, 4.69) is 10.3 Å². The van der Waals surface area contributed by atoms with Crippen LogP contribution < -0.4 is 5.32 Å². The lowest BCUT2D eigenvalue weighted by Crippen LogP contribution is -2.12. The number of rotatable bonds is 0. The number of aryl methyl sites for hydroxylation is 2. The number of amides is 1. The molecule has 0 saturated carbocycles. The third-order valence-corrected chi connectivity index (χ3v) is 2.13. The summed E-state index contributed by atoms with van der Waals surface area (Å²) in [6.07, 6.45) is 0. The summed E-state index contributed by atoms with van der Waals surface area (Å²) in [6, 6.07) is 1.84. The Bertz CT molecular complexity index is 358. The molecule has 1 aromatic rings. The Balaban J connectivity index is 2.68. The Kier molecular flexibility index (Phi) is 1.40. The fourth-order valence-electron chi connectivity index (χ4n) is 1.54. The van der Waals surface area contributed by atoms with Crippen molar-refractivity contribution in [1.82, 2.24) is 10.3 Å². The van der Waals surface area contributed by atoms with E-state index >= 15 is 0 Å². The van der Waals surface area contributed by atoms with Crippen LogP contribution in [0.2, 0.25) is 0 Å². The number of hydrogen-bond acceptors (Lipinski definition) is 2. The molecule has 3 heteroatoms. The fourth-order valence-corrected chi connectivity index (χ4v) is 1.54. The van der Waals surface area contributed by atoms with E-state index in [4.69, 9.17) is 0 Å². The van der Waals surface area contributed by atoms with Gasteiger partial charge in [-0.3, -0.25) is 9.78 Å². The van der Waals surface area contributed by atoms with Gasteiger partial charge in [-0.05, 0) is 19.9 Å². The van der Waals surface area contributed by atoms with Crippen LogP contribution in [0.25, 0.3) is 0 Å². The van der Waals surface area contributed by atoms with Crippen LogP contribution >= 0.6 is 0 Å². The summed E-state index contributed by atoms with van der Waals surface area (Å²) in [6.45, 7) is 4.47. The Morgan fingerprint density at radius 3 is 3.00 bits per heavy atom. The van der Waals surface area contributed by atoms with E-state index in [0.29, 0.717) is 6.54 Å². The van der Waals surface area contributed by atoms with Crippen LogP contribution in [0.15, 0.2) is 6.07 Å². The van der Waals surface area contributed by atoms with E-state index in [9.17, 15) is 4.79 Å². The minimum Gasteiger partial charge on any atom is -0.348 e. The van der Waals surface area contributed by atoms with Crippen LogP contribution in [0.1, 0.15) is 27.3 Å². The second-order valence-corrected chi connectivity index (χ2v) is 3.06. The van der Waals surface area contributed by atoms with E-state index < -0.39 is 0 Å². The van der Waals surface area contributed by atoms with Crippen molar-refractivity contribution >= 4 is 5.91 Å². The predicted molar refractivity (Wildman–Crippen MR) is 44.9 cm³/mol. The van der Waals surface area contributed by atoms with Crippen molar-refractivity contribution in [2.75, 3.05) is 0 Å². The Morgan fingerprint density at radius 2 is 2.25 bits per heavy atom. The van der Waals surface area contributed by atoms with Gasteiger partial charge in [-0.1, -0.05) is 0 Å². The molecule has 0 saturated heterocycles. The summed E-state index contributed by atoms with van der Waals surface area (Å²) in [4.78, 5) is 15.5. The van der Waals surface area contributed by atoms with Crippen molar-refractivity contribution in [2.24, 2.45) is 0 Å². The van der Waals surface area contributed by atoms with Gasteiger partial charge in [0, 0.05) is 29.1 Å². The molecule has 0 spiro atoms. The molecule has 0 radical (unpaired) electrons. The highest BCUT2D eigenvalue weighted by Gasteiger charge is 2.20. The normalized spacial score (nSPS) is 14.3. The van der Waals surface area contributed by atoms with Gasteiger partial charge in [0.25, 0.3) is 5.91 Å². The molecule has 3 nitrogen and oxygen atoms in total. The van der Waals surface area contributed by atoms with Gasteiger partial charge in [0.05, 0.1) is 0 Å². The SMILES string of the molecule is Cc1cc2c(c(C)n1)CNC2=O. The van der Waals surface area contributed by atoms with E-state index in [0.717, 1.165) is 22.5 Å². The number of pyridine rings is 1. The van der Waals surface area contributed by atoms with E-state index in [-0.39, 0.29) is 5.91 Å². The van der Waals surface area contributed by atoms with Crippen molar-refractivity contribution < 1.29 is 4.79 Å². The highest BCUT2D eigenvalue weighted by Crippen LogP contribution is 2.18. The van der Waals surface area contributed by atoms with Gasteiger partial charge < -0.3 is 5.32 Å². The topological polar surface area (TPSA) is 42.0 Å². The van der Waals surface area contributed by atoms with Crippen LogP contribution in [-0.2, 0) is 6.54 Å². The summed E-state index contributed by atoms with van der Waals surface area (Å²) < 4.78 is 0. The quantitative estimate of drug-likeness (QED) is 0.617. The van der Waals surface area contributed by atoms with Crippen molar-refractivity contribution in [3.63, 3.8) is 0 Å². The zero-order chi connectivity index (χ0) is 8.72. The largest absolute Gasteiger partial charge is 0.348 e. The summed E-state index contributed by atoms with van der Waals surface area (Å²) in [5.74, 6) is 0.0265. The molecule has 62 valence electrons. The summed E-state index contributed by atoms with van der Waals surface area (Å²) in [5.41, 5.74) is 3.71. The molecule has 1 amide bonds. The molecule has 1 N–H and O–H groups in total. The molecule has 2 rings (SSSR count). The number of carbonyl (C=O) groups is 1. The first kappa shape index (κ1) is 7.28. The van der Waals surface area contributed by atoms with Crippen molar-refractivity contribution in [2.45, 2.75) is 20.4 Å². The molecule has 0 fully saturated rings. The maximum absolute atomic E-state index is 11.2. The molecule has 0 unspecified atom stereocenters. The van der Waals surface area contributed by atoms with Crippen molar-refractivity contribution in [1.29, 1.82) is 0 Å². The van der Waals surface area contributed by atoms with E-state index in [1.807, 2.05) is 19.9 Å². The van der Waals surface area contributed by atoms with E-state index in [1.54, 1.807) is 0 Å². The van der Waals surface area contributed by atoms with Gasteiger partial charge in [-0.2, -0.15) is 0 Å². The van der Waals surface area contributed by atoms with Crippen LogP contribution in [0.3, 0.4) is 0 Å². The second kappa shape index (κ2) is 2.30. The number of nitrogens with one attached hydrogen (secondary N) is 1. The maximum atomic E-state index is 11.2. The van der Waals surface area contributed by atoms with E-state index in [1.165, 1.54) is 0 Å². The molecular weight excluding hydrogens is 152 g/mol. The number of fused-ring (bicyclic) bond motifs is 1. The molecule has 0 atom stereocenters. The van der Waals surface area contributed by atoms with Gasteiger partial charge in [0.15, 0.2) is 0 Å². The smallest absolute Gasteiger partial charge is 0.252 e.